The van der Waals surface area contributed by atoms with Crippen LogP contribution in [0, 0.1) is 44.8 Å². The first-order chi connectivity index (χ1) is 23.6. The number of primary amides is 1. The molecule has 10 heteroatoms. The standard InChI is InChI=1S/C41H66N4O6/c1-36(2,3)29(21-28(46)22-39(15-9-8-10-16-39)24-44-35(51)37(4,5)43)34(50)45-25-41(38(6,7)40(41)17-12-18-40)23-30(45)31(47)20-27(32(48)33(42)49)19-26-13-11-14-26/h26-27,29-30H,8-25,43H2,1-7H3,(H2,42,49)(H,44,51)/t27?,29-,30+,41-/m1/s1. The van der Waals surface area contributed by atoms with E-state index in [2.05, 4.69) is 19.2 Å². The van der Waals surface area contributed by atoms with Gasteiger partial charge >= 0.3 is 0 Å². The number of nitrogens with one attached hydrogen (secondary N) is 1. The van der Waals surface area contributed by atoms with Crippen LogP contribution >= 0.6 is 0 Å². The van der Waals surface area contributed by atoms with Gasteiger partial charge in [-0.05, 0) is 80.0 Å². The number of Topliss-reactive ketones (excluding diaryl/α,β-unsaturated/α-hetero) is 3. The van der Waals surface area contributed by atoms with Crippen LogP contribution < -0.4 is 16.8 Å². The molecule has 0 bridgehead atoms. The number of likely N-dealkylation sites (tertiary alicyclic amines) is 1. The van der Waals surface area contributed by atoms with E-state index in [0.29, 0.717) is 31.8 Å². The predicted octanol–water partition coefficient (Wildman–Crippen LogP) is 5.42. The number of carbonyl (C=O) groups is 6. The molecule has 1 heterocycles. The second-order valence-corrected chi connectivity index (χ2v) is 19.8. The highest BCUT2D eigenvalue weighted by atomic mass is 16.2. The van der Waals surface area contributed by atoms with E-state index in [9.17, 15) is 28.8 Å². The summed E-state index contributed by atoms with van der Waals surface area (Å²) in [4.78, 5) is 83.0. The molecule has 0 aromatic rings. The van der Waals surface area contributed by atoms with Gasteiger partial charge in [-0.15, -0.1) is 0 Å². The molecule has 0 radical (unpaired) electrons. The fraction of sp³-hybridized carbons (Fsp3) is 0.854. The van der Waals surface area contributed by atoms with Crippen molar-refractivity contribution in [1.82, 2.24) is 10.2 Å². The van der Waals surface area contributed by atoms with Gasteiger partial charge in [0.05, 0.1) is 11.6 Å². The number of hydrogen-bond donors (Lipinski definition) is 3. The third kappa shape index (κ3) is 7.33. The largest absolute Gasteiger partial charge is 0.363 e. The van der Waals surface area contributed by atoms with Crippen molar-refractivity contribution in [2.24, 2.45) is 56.3 Å². The van der Waals surface area contributed by atoms with Gasteiger partial charge in [-0.2, -0.15) is 0 Å². The van der Waals surface area contributed by atoms with Crippen LogP contribution in [0.3, 0.4) is 0 Å². The summed E-state index contributed by atoms with van der Waals surface area (Å²) in [5.41, 5.74) is 9.41. The molecule has 10 nitrogen and oxygen atoms in total. The molecule has 3 amide bonds. The van der Waals surface area contributed by atoms with Crippen LogP contribution in [-0.2, 0) is 28.8 Å². The molecule has 0 aromatic heterocycles. The number of nitrogens with two attached hydrogens (primary N) is 2. The maximum Gasteiger partial charge on any atom is 0.285 e. The maximum atomic E-state index is 15.0. The number of nitrogens with zero attached hydrogens (tertiary/aromatic N) is 1. The van der Waals surface area contributed by atoms with Crippen LogP contribution in [-0.4, -0.2) is 64.6 Å². The minimum Gasteiger partial charge on any atom is -0.363 e. The Bertz CT molecular complexity index is 1410. The quantitative estimate of drug-likeness (QED) is 0.191. The van der Waals surface area contributed by atoms with E-state index in [4.69, 9.17) is 11.5 Å². The van der Waals surface area contributed by atoms with Gasteiger partial charge in [0.15, 0.2) is 5.78 Å². The lowest BCUT2D eigenvalue weighted by atomic mass is 9.68. The lowest BCUT2D eigenvalue weighted by molar-refractivity contribution is -0.147. The Labute approximate surface area is 305 Å². The van der Waals surface area contributed by atoms with Gasteiger partial charge in [-0.25, -0.2) is 0 Å². The van der Waals surface area contributed by atoms with Crippen molar-refractivity contribution >= 4 is 35.1 Å². The average molecular weight is 711 g/mol. The highest BCUT2D eigenvalue weighted by molar-refractivity contribution is 6.36. The van der Waals surface area contributed by atoms with Gasteiger partial charge in [0.2, 0.25) is 17.6 Å². The third-order valence-electron chi connectivity index (χ3n) is 14.8. The first-order valence-electron chi connectivity index (χ1n) is 19.9. The normalized spacial score (nSPS) is 27.6. The molecule has 51 heavy (non-hydrogen) atoms. The number of fused-ring (bicyclic) bond motifs is 1. The van der Waals surface area contributed by atoms with Crippen LogP contribution in [0.15, 0.2) is 0 Å². The van der Waals surface area contributed by atoms with Crippen LogP contribution in [0.5, 0.6) is 0 Å². The van der Waals surface area contributed by atoms with Crippen LogP contribution in [0.2, 0.25) is 0 Å². The molecule has 1 aliphatic heterocycles. The minimum absolute atomic E-state index is 0.00180. The molecule has 4 saturated carbocycles. The van der Waals surface area contributed by atoms with Crippen molar-refractivity contribution < 1.29 is 28.8 Å². The molecule has 1 unspecified atom stereocenters. The van der Waals surface area contributed by atoms with E-state index in [1.165, 1.54) is 0 Å². The molecule has 0 aromatic carbocycles. The lowest BCUT2D eigenvalue weighted by Gasteiger charge is -2.39. The van der Waals surface area contributed by atoms with Gasteiger partial charge < -0.3 is 21.7 Å². The fourth-order valence-electron chi connectivity index (χ4n) is 11.0. The van der Waals surface area contributed by atoms with Crippen molar-refractivity contribution in [3.05, 3.63) is 0 Å². The van der Waals surface area contributed by atoms with Gasteiger partial charge in [-0.1, -0.05) is 79.6 Å². The van der Waals surface area contributed by atoms with Gasteiger partial charge in [0.1, 0.15) is 5.78 Å². The zero-order valence-electron chi connectivity index (χ0n) is 32.6. The topological polar surface area (TPSA) is 170 Å². The van der Waals surface area contributed by atoms with E-state index in [-0.39, 0.29) is 64.3 Å². The second kappa shape index (κ2) is 14.0. The number of amides is 3. The van der Waals surface area contributed by atoms with Crippen molar-refractivity contribution in [2.75, 3.05) is 13.1 Å². The Hall–Kier alpha value is -2.62. The van der Waals surface area contributed by atoms with Gasteiger partial charge in [0.25, 0.3) is 5.91 Å². The summed E-state index contributed by atoms with van der Waals surface area (Å²) in [6.45, 7) is 14.7. The number of hydrogen-bond acceptors (Lipinski definition) is 7. The smallest absolute Gasteiger partial charge is 0.285 e. The molecule has 286 valence electrons. The molecule has 2 spiro atoms. The predicted molar refractivity (Wildman–Crippen MR) is 196 cm³/mol. The van der Waals surface area contributed by atoms with Crippen molar-refractivity contribution in [1.29, 1.82) is 0 Å². The maximum absolute atomic E-state index is 15.0. The highest BCUT2D eigenvalue weighted by Gasteiger charge is 2.85. The first kappa shape index (κ1) is 39.6. The Balaban J connectivity index is 1.38. The van der Waals surface area contributed by atoms with Crippen molar-refractivity contribution in [3.8, 4) is 0 Å². The van der Waals surface area contributed by atoms with Crippen LogP contribution in [0.1, 0.15) is 151 Å². The SMILES string of the molecule is CC(C)(N)C(=O)NCC1(CC(=O)C[C@H](C(=O)N2C[C@]3(C[C@H]2C(=O)CC(CC2CCC2)C(=O)C(N)=O)C(C)(C)C32CCC2)C(C)(C)C)CCCCC1. The minimum atomic E-state index is -1.02. The van der Waals surface area contributed by atoms with E-state index in [0.717, 1.165) is 70.6 Å². The highest BCUT2D eigenvalue weighted by Crippen LogP contribution is 2.88. The molecule has 4 atom stereocenters. The van der Waals surface area contributed by atoms with Crippen LogP contribution in [0.4, 0.5) is 0 Å². The number of ketones is 3. The van der Waals surface area contributed by atoms with E-state index >= 15 is 0 Å². The summed E-state index contributed by atoms with van der Waals surface area (Å²) in [6, 6.07) is -0.708. The molecular formula is C41H66N4O6. The summed E-state index contributed by atoms with van der Waals surface area (Å²) in [7, 11) is 0. The summed E-state index contributed by atoms with van der Waals surface area (Å²) < 4.78 is 0. The zero-order valence-corrected chi connectivity index (χ0v) is 32.6. The summed E-state index contributed by atoms with van der Waals surface area (Å²) >= 11 is 0. The summed E-state index contributed by atoms with van der Waals surface area (Å²) in [5.74, 6) is -3.40. The van der Waals surface area contributed by atoms with E-state index in [1.807, 2.05) is 20.8 Å². The summed E-state index contributed by atoms with van der Waals surface area (Å²) in [5, 5.41) is 3.02. The molecule has 1 saturated heterocycles. The Kier molecular flexibility index (Phi) is 10.9. The van der Waals surface area contributed by atoms with Crippen LogP contribution in [0.25, 0.3) is 0 Å². The number of carbonyl (C=O) groups excluding carboxylic acids is 6. The second-order valence-electron chi connectivity index (χ2n) is 19.8. The van der Waals surface area contributed by atoms with E-state index < -0.39 is 40.5 Å². The van der Waals surface area contributed by atoms with Gasteiger partial charge in [-0.3, -0.25) is 28.8 Å². The molecule has 5 rings (SSSR count). The van der Waals surface area contributed by atoms with Gasteiger partial charge in [0, 0.05) is 49.6 Å². The molecular weight excluding hydrogens is 644 g/mol. The van der Waals surface area contributed by atoms with Crippen molar-refractivity contribution in [2.45, 2.75) is 163 Å². The summed E-state index contributed by atoms with van der Waals surface area (Å²) in [6.07, 6.45) is 12.3. The average Bonchev–Trinajstić information content (AvgIpc) is 3.21. The molecule has 5 N–H and O–H groups in total. The monoisotopic (exact) mass is 710 g/mol. The van der Waals surface area contributed by atoms with E-state index in [1.54, 1.807) is 18.7 Å². The molecule has 5 fully saturated rings. The third-order valence-corrected chi connectivity index (χ3v) is 14.8. The molecule has 5 aliphatic rings. The Morgan fingerprint density at radius 2 is 1.47 bits per heavy atom. The first-order valence-corrected chi connectivity index (χ1v) is 19.9. The molecule has 4 aliphatic carbocycles. The zero-order chi connectivity index (χ0) is 37.8. The Morgan fingerprint density at radius 1 is 0.843 bits per heavy atom. The fourth-order valence-corrected chi connectivity index (χ4v) is 11.0. The van der Waals surface area contributed by atoms with Crippen molar-refractivity contribution in [3.63, 3.8) is 0 Å². The lowest BCUT2D eigenvalue weighted by Crippen LogP contribution is -2.52. The Morgan fingerprint density at radius 3 is 1.94 bits per heavy atom. The number of rotatable bonds is 15.